The number of allylic oxidation sites excluding steroid dienone is 8. The van der Waals surface area contributed by atoms with Crippen molar-refractivity contribution in [3.05, 3.63) is 74.2 Å². The molecule has 18 heavy (non-hydrogen) atoms. The van der Waals surface area contributed by atoms with E-state index in [4.69, 9.17) is 0 Å². The van der Waals surface area contributed by atoms with Crippen molar-refractivity contribution < 1.29 is 0 Å². The van der Waals surface area contributed by atoms with Gasteiger partial charge in [-0.25, -0.2) is 9.98 Å². The van der Waals surface area contributed by atoms with Crippen LogP contribution in [0.25, 0.3) is 0 Å². The summed E-state index contributed by atoms with van der Waals surface area (Å²) in [5.41, 5.74) is 1.15. The quantitative estimate of drug-likeness (QED) is 0.382. The molecule has 0 radical (unpaired) electrons. The van der Waals surface area contributed by atoms with Crippen molar-refractivity contribution in [1.82, 2.24) is 0 Å². The van der Waals surface area contributed by atoms with E-state index in [-0.39, 0.29) is 0 Å². The molecule has 0 saturated carbocycles. The Kier molecular flexibility index (Phi) is 9.24. The molecule has 0 aliphatic carbocycles. The Morgan fingerprint density at radius 3 is 1.33 bits per heavy atom. The first-order valence-corrected chi connectivity index (χ1v) is 5.26. The van der Waals surface area contributed by atoms with Crippen LogP contribution in [-0.2, 0) is 0 Å². The first kappa shape index (κ1) is 15.3. The molecular weight excluding hydrogens is 220 g/mol. The standard InChI is InChI=1S/C16H16N2/c1-5-9-15(17-13-7-3)11-12-16(10-6-2)18-14-8-4/h5-10,13-14H,1-4H2/b15-9-,16-10-,17-13-,18-14-. The molecule has 0 atom stereocenters. The zero-order valence-corrected chi connectivity index (χ0v) is 10.3. The Hall–Kier alpha value is -2.66. The molecule has 0 fully saturated rings. The molecule has 0 rings (SSSR count). The minimum Gasteiger partial charge on any atom is -0.248 e. The van der Waals surface area contributed by atoms with Crippen LogP contribution in [0.1, 0.15) is 0 Å². The van der Waals surface area contributed by atoms with Crippen LogP contribution in [0.5, 0.6) is 0 Å². The second-order valence-electron chi connectivity index (χ2n) is 2.85. The third kappa shape index (κ3) is 7.61. The van der Waals surface area contributed by atoms with Gasteiger partial charge in [-0.3, -0.25) is 0 Å². The van der Waals surface area contributed by atoms with Gasteiger partial charge in [0, 0.05) is 12.4 Å². The van der Waals surface area contributed by atoms with Gasteiger partial charge in [0.25, 0.3) is 0 Å². The van der Waals surface area contributed by atoms with Gasteiger partial charge in [0.15, 0.2) is 0 Å². The highest BCUT2D eigenvalue weighted by atomic mass is 14.7. The van der Waals surface area contributed by atoms with Crippen molar-refractivity contribution in [2.45, 2.75) is 0 Å². The third-order valence-corrected chi connectivity index (χ3v) is 1.51. The van der Waals surface area contributed by atoms with Crippen LogP contribution in [0.3, 0.4) is 0 Å². The Morgan fingerprint density at radius 1 is 0.667 bits per heavy atom. The Bertz CT molecular complexity index is 445. The van der Waals surface area contributed by atoms with Crippen molar-refractivity contribution in [2.24, 2.45) is 9.98 Å². The summed E-state index contributed by atoms with van der Waals surface area (Å²) in [5, 5.41) is 0. The lowest BCUT2D eigenvalue weighted by Crippen LogP contribution is -1.77. The Balaban J connectivity index is 5.17. The number of hydrogen-bond acceptors (Lipinski definition) is 2. The Labute approximate surface area is 109 Å². The second-order valence-corrected chi connectivity index (χ2v) is 2.85. The maximum atomic E-state index is 4.09. The zero-order chi connectivity index (χ0) is 13.6. The van der Waals surface area contributed by atoms with Gasteiger partial charge in [0.2, 0.25) is 0 Å². The highest BCUT2D eigenvalue weighted by Crippen LogP contribution is 1.98. The second kappa shape index (κ2) is 10.8. The molecule has 0 heterocycles. The van der Waals surface area contributed by atoms with Gasteiger partial charge in [0.05, 0.1) is 0 Å². The van der Waals surface area contributed by atoms with Crippen LogP contribution in [0.4, 0.5) is 0 Å². The molecule has 0 aromatic carbocycles. The molecule has 0 aliphatic rings. The summed E-state index contributed by atoms with van der Waals surface area (Å²) in [7, 11) is 0. The van der Waals surface area contributed by atoms with E-state index in [2.05, 4.69) is 48.1 Å². The smallest absolute Gasteiger partial charge is 0.113 e. The van der Waals surface area contributed by atoms with Gasteiger partial charge in [-0.2, -0.15) is 0 Å². The molecule has 0 spiro atoms. The molecule has 2 nitrogen and oxygen atoms in total. The fourth-order valence-electron chi connectivity index (χ4n) is 0.851. The average Bonchev–Trinajstić information content (AvgIpc) is 2.38. The maximum absolute atomic E-state index is 4.09. The molecule has 0 bridgehead atoms. The normalized spacial score (nSPS) is 12.0. The van der Waals surface area contributed by atoms with Crippen LogP contribution >= 0.6 is 0 Å². The lowest BCUT2D eigenvalue weighted by molar-refractivity contribution is 1.44. The van der Waals surface area contributed by atoms with Crippen molar-refractivity contribution in [3.8, 4) is 11.8 Å². The largest absolute Gasteiger partial charge is 0.248 e. The fourth-order valence-corrected chi connectivity index (χ4v) is 0.851. The molecule has 0 aromatic heterocycles. The third-order valence-electron chi connectivity index (χ3n) is 1.51. The summed E-state index contributed by atoms with van der Waals surface area (Å²) < 4.78 is 0. The molecule has 0 amide bonds. The number of hydrogen-bond donors (Lipinski definition) is 0. The van der Waals surface area contributed by atoms with Crippen molar-refractivity contribution in [1.29, 1.82) is 0 Å². The summed E-state index contributed by atoms with van der Waals surface area (Å²) in [6.07, 6.45) is 12.9. The topological polar surface area (TPSA) is 24.7 Å². The van der Waals surface area contributed by atoms with Crippen LogP contribution in [0.2, 0.25) is 0 Å². The van der Waals surface area contributed by atoms with Crippen molar-refractivity contribution in [2.75, 3.05) is 0 Å². The molecule has 0 N–H and O–H groups in total. The van der Waals surface area contributed by atoms with Crippen LogP contribution in [0, 0.1) is 11.8 Å². The van der Waals surface area contributed by atoms with Gasteiger partial charge in [-0.1, -0.05) is 50.6 Å². The predicted molar refractivity (Wildman–Crippen MR) is 81.7 cm³/mol. The molecule has 0 saturated heterocycles. The average molecular weight is 236 g/mol. The van der Waals surface area contributed by atoms with E-state index in [9.17, 15) is 0 Å². The van der Waals surface area contributed by atoms with E-state index >= 15 is 0 Å². The predicted octanol–water partition coefficient (Wildman–Crippen LogP) is 3.64. The highest BCUT2D eigenvalue weighted by molar-refractivity contribution is 5.73. The van der Waals surface area contributed by atoms with Crippen molar-refractivity contribution >= 4 is 12.4 Å². The van der Waals surface area contributed by atoms with Gasteiger partial charge in [-0.15, -0.1) is 0 Å². The summed E-state index contributed by atoms with van der Waals surface area (Å²) in [6.45, 7) is 14.3. The SMILES string of the molecule is C=C/C=N\C(C#CC(=C/C=C)/N=C\C=C)=C/C=C. The van der Waals surface area contributed by atoms with E-state index < -0.39 is 0 Å². The van der Waals surface area contributed by atoms with E-state index in [1.807, 2.05) is 0 Å². The van der Waals surface area contributed by atoms with Crippen LogP contribution in [0.15, 0.2) is 84.2 Å². The number of rotatable bonds is 6. The number of aliphatic imine (C=N–C) groups is 2. The Morgan fingerprint density at radius 2 is 1.06 bits per heavy atom. The minimum absolute atomic E-state index is 0.577. The highest BCUT2D eigenvalue weighted by Gasteiger charge is 1.86. The first-order valence-electron chi connectivity index (χ1n) is 5.26. The fraction of sp³-hybridized carbons (Fsp3) is 0. The number of nitrogens with zero attached hydrogens (tertiary/aromatic N) is 2. The van der Waals surface area contributed by atoms with Gasteiger partial charge >= 0.3 is 0 Å². The van der Waals surface area contributed by atoms with Crippen LogP contribution in [-0.4, -0.2) is 12.4 Å². The summed E-state index contributed by atoms with van der Waals surface area (Å²) in [5.74, 6) is 5.76. The van der Waals surface area contributed by atoms with Crippen LogP contribution < -0.4 is 0 Å². The van der Waals surface area contributed by atoms with E-state index in [0.29, 0.717) is 11.4 Å². The molecule has 2 heteroatoms. The van der Waals surface area contributed by atoms with E-state index in [0.717, 1.165) is 0 Å². The van der Waals surface area contributed by atoms with Gasteiger partial charge in [0.1, 0.15) is 11.4 Å². The first-order chi connectivity index (χ1) is 8.78. The van der Waals surface area contributed by atoms with Crippen molar-refractivity contribution in [3.63, 3.8) is 0 Å². The lowest BCUT2D eigenvalue weighted by Gasteiger charge is -1.89. The molecule has 0 unspecified atom stereocenters. The monoisotopic (exact) mass is 236 g/mol. The maximum Gasteiger partial charge on any atom is 0.113 e. The lowest BCUT2D eigenvalue weighted by atomic mass is 10.3. The summed E-state index contributed by atoms with van der Waals surface area (Å²) in [4.78, 5) is 8.18. The molecule has 0 aromatic rings. The summed E-state index contributed by atoms with van der Waals surface area (Å²) in [6, 6.07) is 0. The van der Waals surface area contributed by atoms with E-state index in [1.54, 1.807) is 48.9 Å². The minimum atomic E-state index is 0.577. The summed E-state index contributed by atoms with van der Waals surface area (Å²) >= 11 is 0. The molecule has 90 valence electrons. The van der Waals surface area contributed by atoms with Gasteiger partial charge < -0.3 is 0 Å². The van der Waals surface area contributed by atoms with E-state index in [1.165, 1.54) is 0 Å². The molecule has 0 aliphatic heterocycles. The molecular formula is C16H16N2. The zero-order valence-electron chi connectivity index (χ0n) is 10.3. The van der Waals surface area contributed by atoms with Gasteiger partial charge in [-0.05, 0) is 24.0 Å².